The van der Waals surface area contributed by atoms with Crippen LogP contribution in [0.5, 0.6) is 5.75 Å². The molecular weight excluding hydrogens is 241 g/mol. The molecule has 19 heavy (non-hydrogen) atoms. The Labute approximate surface area is 113 Å². The van der Waals surface area contributed by atoms with Crippen LogP contribution < -0.4 is 10.5 Å². The van der Waals surface area contributed by atoms with Gasteiger partial charge >= 0.3 is 0 Å². The minimum Gasteiger partial charge on any atom is -0.496 e. The van der Waals surface area contributed by atoms with E-state index in [0.717, 1.165) is 28.0 Å². The summed E-state index contributed by atoms with van der Waals surface area (Å²) in [7, 11) is 1.62. The fraction of sp³-hybridized carbons (Fsp3) is 0.250. The van der Waals surface area contributed by atoms with Crippen molar-refractivity contribution in [1.82, 2.24) is 0 Å². The molecule has 2 aromatic carbocycles. The number of methoxy groups -OCH3 is 1. The van der Waals surface area contributed by atoms with Crippen molar-refractivity contribution in [2.45, 2.75) is 19.9 Å². The van der Waals surface area contributed by atoms with Gasteiger partial charge in [0, 0.05) is 5.56 Å². The Morgan fingerprint density at radius 2 is 1.79 bits per heavy atom. The van der Waals surface area contributed by atoms with Crippen LogP contribution in [0, 0.1) is 19.7 Å². The molecule has 0 aliphatic heterocycles. The summed E-state index contributed by atoms with van der Waals surface area (Å²) in [6.07, 6.45) is 0. The molecule has 1 atom stereocenters. The predicted octanol–water partition coefficient (Wildman–Crippen LogP) is 3.50. The molecule has 2 rings (SSSR count). The first-order valence-electron chi connectivity index (χ1n) is 6.19. The molecule has 2 aromatic rings. The Balaban J connectivity index is 2.49. The Bertz CT molecular complexity index is 595. The van der Waals surface area contributed by atoms with Gasteiger partial charge in [-0.1, -0.05) is 23.8 Å². The molecule has 0 heterocycles. The van der Waals surface area contributed by atoms with Gasteiger partial charge in [-0.05, 0) is 43.2 Å². The maximum absolute atomic E-state index is 13.2. The predicted molar refractivity (Wildman–Crippen MR) is 74.9 cm³/mol. The Morgan fingerprint density at radius 1 is 1.05 bits per heavy atom. The van der Waals surface area contributed by atoms with Crippen LogP contribution in [-0.4, -0.2) is 7.11 Å². The summed E-state index contributed by atoms with van der Waals surface area (Å²) in [6, 6.07) is 10.2. The molecule has 100 valence electrons. The van der Waals surface area contributed by atoms with Crippen LogP contribution in [0.1, 0.15) is 28.3 Å². The first-order chi connectivity index (χ1) is 9.02. The minimum absolute atomic E-state index is 0.246. The molecule has 0 saturated heterocycles. The van der Waals surface area contributed by atoms with Crippen LogP contribution >= 0.6 is 0 Å². The van der Waals surface area contributed by atoms with Gasteiger partial charge in [-0.25, -0.2) is 4.39 Å². The smallest absolute Gasteiger partial charge is 0.123 e. The van der Waals surface area contributed by atoms with Crippen molar-refractivity contribution < 1.29 is 9.13 Å². The number of rotatable bonds is 3. The molecule has 3 heteroatoms. The zero-order valence-corrected chi connectivity index (χ0v) is 11.4. The Hall–Kier alpha value is -1.87. The van der Waals surface area contributed by atoms with Gasteiger partial charge in [-0.2, -0.15) is 0 Å². The number of halogens is 1. The number of nitrogens with two attached hydrogens (primary N) is 1. The second-order valence-corrected chi connectivity index (χ2v) is 4.72. The van der Waals surface area contributed by atoms with Crippen LogP contribution in [0.15, 0.2) is 36.4 Å². The highest BCUT2D eigenvalue weighted by molar-refractivity contribution is 5.45. The van der Waals surface area contributed by atoms with Crippen molar-refractivity contribution in [3.63, 3.8) is 0 Å². The van der Waals surface area contributed by atoms with E-state index in [1.165, 1.54) is 12.1 Å². The lowest BCUT2D eigenvalue weighted by Gasteiger charge is -2.18. The van der Waals surface area contributed by atoms with Crippen molar-refractivity contribution in [1.29, 1.82) is 0 Å². The van der Waals surface area contributed by atoms with Gasteiger partial charge in [0.25, 0.3) is 0 Å². The molecule has 2 N–H and O–H groups in total. The number of hydrogen-bond donors (Lipinski definition) is 1. The average Bonchev–Trinajstić information content (AvgIpc) is 2.38. The van der Waals surface area contributed by atoms with E-state index in [-0.39, 0.29) is 11.9 Å². The SMILES string of the molecule is COc1ccc(C)cc1C(N)c1ccc(F)cc1C. The summed E-state index contributed by atoms with van der Waals surface area (Å²) in [5.41, 5.74) is 10.1. The quantitative estimate of drug-likeness (QED) is 0.915. The number of ether oxygens (including phenoxy) is 1. The lowest BCUT2D eigenvalue weighted by Crippen LogP contribution is -2.14. The van der Waals surface area contributed by atoms with Crippen molar-refractivity contribution in [3.05, 3.63) is 64.5 Å². The molecule has 0 amide bonds. The Morgan fingerprint density at radius 3 is 2.42 bits per heavy atom. The average molecular weight is 259 g/mol. The van der Waals surface area contributed by atoms with Gasteiger partial charge in [0.1, 0.15) is 11.6 Å². The third-order valence-electron chi connectivity index (χ3n) is 3.29. The van der Waals surface area contributed by atoms with E-state index in [9.17, 15) is 4.39 Å². The van der Waals surface area contributed by atoms with Crippen LogP contribution in [0.3, 0.4) is 0 Å². The highest BCUT2D eigenvalue weighted by Crippen LogP contribution is 2.30. The zero-order chi connectivity index (χ0) is 14.0. The molecule has 1 unspecified atom stereocenters. The third-order valence-corrected chi connectivity index (χ3v) is 3.29. The van der Waals surface area contributed by atoms with Crippen molar-refractivity contribution >= 4 is 0 Å². The number of aryl methyl sites for hydroxylation is 2. The van der Waals surface area contributed by atoms with Crippen molar-refractivity contribution in [2.24, 2.45) is 5.73 Å². The van der Waals surface area contributed by atoms with E-state index >= 15 is 0 Å². The molecular formula is C16H18FNO. The lowest BCUT2D eigenvalue weighted by molar-refractivity contribution is 0.407. The summed E-state index contributed by atoms with van der Waals surface area (Å²) in [4.78, 5) is 0. The van der Waals surface area contributed by atoms with E-state index < -0.39 is 0 Å². The zero-order valence-electron chi connectivity index (χ0n) is 11.4. The van der Waals surface area contributed by atoms with Crippen LogP contribution in [-0.2, 0) is 0 Å². The lowest BCUT2D eigenvalue weighted by atomic mass is 9.94. The maximum Gasteiger partial charge on any atom is 0.123 e. The highest BCUT2D eigenvalue weighted by Gasteiger charge is 2.16. The van der Waals surface area contributed by atoms with Crippen LogP contribution in [0.25, 0.3) is 0 Å². The number of hydrogen-bond acceptors (Lipinski definition) is 2. The summed E-state index contributed by atoms with van der Waals surface area (Å²) in [6.45, 7) is 3.87. The van der Waals surface area contributed by atoms with Crippen molar-refractivity contribution in [2.75, 3.05) is 7.11 Å². The van der Waals surface area contributed by atoms with Gasteiger partial charge in [0.05, 0.1) is 13.2 Å². The van der Waals surface area contributed by atoms with E-state index in [0.29, 0.717) is 0 Å². The third kappa shape index (κ3) is 2.76. The summed E-state index contributed by atoms with van der Waals surface area (Å²) < 4.78 is 18.5. The molecule has 0 bridgehead atoms. The highest BCUT2D eigenvalue weighted by atomic mass is 19.1. The van der Waals surface area contributed by atoms with Crippen LogP contribution in [0.2, 0.25) is 0 Å². The molecule has 0 aliphatic rings. The molecule has 0 spiro atoms. The molecule has 0 fully saturated rings. The summed E-state index contributed by atoms with van der Waals surface area (Å²) >= 11 is 0. The summed E-state index contributed by atoms with van der Waals surface area (Å²) in [5, 5.41) is 0. The van der Waals surface area contributed by atoms with E-state index in [1.807, 2.05) is 32.0 Å². The largest absolute Gasteiger partial charge is 0.496 e. The van der Waals surface area contributed by atoms with Gasteiger partial charge in [0.2, 0.25) is 0 Å². The maximum atomic E-state index is 13.2. The second-order valence-electron chi connectivity index (χ2n) is 4.72. The van der Waals surface area contributed by atoms with E-state index in [1.54, 1.807) is 13.2 Å². The first-order valence-corrected chi connectivity index (χ1v) is 6.19. The standard InChI is InChI=1S/C16H18FNO/c1-10-4-7-15(19-3)14(8-10)16(18)13-6-5-12(17)9-11(13)2/h4-9,16H,18H2,1-3H3. The van der Waals surface area contributed by atoms with Gasteiger partial charge in [-0.15, -0.1) is 0 Å². The fourth-order valence-electron chi connectivity index (χ4n) is 2.25. The van der Waals surface area contributed by atoms with E-state index in [2.05, 4.69) is 0 Å². The number of benzene rings is 2. The normalized spacial score (nSPS) is 12.3. The second kappa shape index (κ2) is 5.41. The minimum atomic E-state index is -0.324. The molecule has 0 radical (unpaired) electrons. The molecule has 0 aliphatic carbocycles. The molecule has 0 aromatic heterocycles. The van der Waals surface area contributed by atoms with E-state index in [4.69, 9.17) is 10.5 Å². The van der Waals surface area contributed by atoms with Gasteiger partial charge in [-0.3, -0.25) is 0 Å². The Kier molecular flexibility index (Phi) is 3.86. The van der Waals surface area contributed by atoms with Gasteiger partial charge in [0.15, 0.2) is 0 Å². The topological polar surface area (TPSA) is 35.2 Å². The summed E-state index contributed by atoms with van der Waals surface area (Å²) in [5.74, 6) is 0.506. The molecule has 0 saturated carbocycles. The fourth-order valence-corrected chi connectivity index (χ4v) is 2.25. The molecule has 2 nitrogen and oxygen atoms in total. The van der Waals surface area contributed by atoms with Crippen LogP contribution in [0.4, 0.5) is 4.39 Å². The monoisotopic (exact) mass is 259 g/mol. The first kappa shape index (κ1) is 13.6. The van der Waals surface area contributed by atoms with Crippen molar-refractivity contribution in [3.8, 4) is 5.75 Å². The van der Waals surface area contributed by atoms with Gasteiger partial charge < -0.3 is 10.5 Å².